The van der Waals surface area contributed by atoms with E-state index in [-0.39, 0.29) is 16.4 Å². The minimum Gasteiger partial charge on any atom is -0.440 e. The van der Waals surface area contributed by atoms with E-state index in [0.717, 1.165) is 48.2 Å². The minimum absolute atomic E-state index is 0.0826. The molecule has 1 amide bonds. The number of nitrogens with zero attached hydrogens (tertiary/aromatic N) is 3. The van der Waals surface area contributed by atoms with Crippen molar-refractivity contribution in [3.05, 3.63) is 93.4 Å². The van der Waals surface area contributed by atoms with E-state index in [4.69, 9.17) is 16.6 Å². The van der Waals surface area contributed by atoms with E-state index in [2.05, 4.69) is 22.5 Å². The first-order chi connectivity index (χ1) is 18.7. The van der Waals surface area contributed by atoms with Crippen molar-refractivity contribution in [1.29, 1.82) is 0 Å². The molecule has 1 aliphatic heterocycles. The number of carbonyl (C=O) groups is 1. The molecule has 39 heavy (non-hydrogen) atoms. The molecule has 0 saturated carbocycles. The number of nitro groups is 1. The second-order valence-corrected chi connectivity index (χ2v) is 10.4. The number of amides is 1. The van der Waals surface area contributed by atoms with Crippen LogP contribution in [0, 0.1) is 23.0 Å². The molecule has 0 radical (unpaired) electrons. The van der Waals surface area contributed by atoms with E-state index in [1.54, 1.807) is 12.1 Å². The van der Waals surface area contributed by atoms with Gasteiger partial charge in [0.15, 0.2) is 16.6 Å². The van der Waals surface area contributed by atoms with Crippen LogP contribution < -0.4 is 15.5 Å². The Labute approximate surface area is 231 Å². The number of aryl methyl sites for hydroxylation is 1. The summed E-state index contributed by atoms with van der Waals surface area (Å²) in [5, 5.41) is 17.5. The second kappa shape index (κ2) is 11.2. The van der Waals surface area contributed by atoms with Crippen molar-refractivity contribution >= 4 is 51.4 Å². The van der Waals surface area contributed by atoms with Crippen molar-refractivity contribution in [2.75, 3.05) is 23.3 Å². The topological polar surface area (TPSA) is 114 Å². The number of rotatable bonds is 6. The lowest BCUT2D eigenvalue weighted by Gasteiger charge is -2.31. The first-order valence-electron chi connectivity index (χ1n) is 12.9. The van der Waals surface area contributed by atoms with Crippen LogP contribution in [0.4, 0.5) is 17.1 Å². The number of piperidine rings is 1. The fraction of sp³-hybridized carbons (Fsp3) is 0.276. The van der Waals surface area contributed by atoms with E-state index >= 15 is 0 Å². The number of nitro benzene ring substituents is 1. The van der Waals surface area contributed by atoms with Crippen molar-refractivity contribution < 1.29 is 14.1 Å². The van der Waals surface area contributed by atoms with Gasteiger partial charge in [0, 0.05) is 36.8 Å². The van der Waals surface area contributed by atoms with Crippen LogP contribution in [0.2, 0.25) is 0 Å². The summed E-state index contributed by atoms with van der Waals surface area (Å²) in [5.41, 5.74) is 5.05. The Morgan fingerprint density at radius 2 is 1.87 bits per heavy atom. The van der Waals surface area contributed by atoms with Gasteiger partial charge in [-0.05, 0) is 85.4 Å². The van der Waals surface area contributed by atoms with Gasteiger partial charge in [0.25, 0.3) is 11.6 Å². The molecule has 0 bridgehead atoms. The number of thiocarbonyl (C=S) groups is 1. The molecule has 2 N–H and O–H groups in total. The van der Waals surface area contributed by atoms with E-state index in [9.17, 15) is 14.9 Å². The summed E-state index contributed by atoms with van der Waals surface area (Å²) in [6.45, 7) is 5.72. The Balaban J connectivity index is 1.20. The van der Waals surface area contributed by atoms with Crippen LogP contribution in [0.1, 0.15) is 47.1 Å². The average molecular weight is 544 g/mol. The molecule has 0 atom stereocenters. The summed E-state index contributed by atoms with van der Waals surface area (Å²) in [4.78, 5) is 30.7. The normalized spacial score (nSPS) is 13.8. The first kappa shape index (κ1) is 26.3. The first-order valence-corrected chi connectivity index (χ1v) is 13.3. The Morgan fingerprint density at radius 3 is 2.59 bits per heavy atom. The number of anilines is 2. The van der Waals surface area contributed by atoms with Crippen LogP contribution in [0.25, 0.3) is 11.1 Å². The maximum atomic E-state index is 12.8. The van der Waals surface area contributed by atoms with Gasteiger partial charge in [-0.1, -0.05) is 25.1 Å². The van der Waals surface area contributed by atoms with Gasteiger partial charge in [-0.2, -0.15) is 0 Å². The van der Waals surface area contributed by atoms with Crippen LogP contribution in [0.15, 0.2) is 65.1 Å². The summed E-state index contributed by atoms with van der Waals surface area (Å²) in [6, 6.07) is 18.0. The third-order valence-corrected chi connectivity index (χ3v) is 7.14. The van der Waals surface area contributed by atoms with Crippen molar-refractivity contribution in [1.82, 2.24) is 10.3 Å². The summed E-state index contributed by atoms with van der Waals surface area (Å²) < 4.78 is 5.84. The number of fused-ring (bicyclic) bond motifs is 1. The van der Waals surface area contributed by atoms with Crippen molar-refractivity contribution in [2.45, 2.75) is 33.1 Å². The molecule has 0 spiro atoms. The van der Waals surface area contributed by atoms with Crippen LogP contribution in [-0.4, -0.2) is 34.0 Å². The highest BCUT2D eigenvalue weighted by atomic mass is 32.1. The lowest BCUT2D eigenvalue weighted by molar-refractivity contribution is -0.384. The zero-order chi connectivity index (χ0) is 27.5. The Kier molecular flexibility index (Phi) is 7.56. The molecule has 10 heteroatoms. The lowest BCUT2D eigenvalue weighted by Crippen LogP contribution is -2.35. The molecule has 1 fully saturated rings. The fourth-order valence-corrected chi connectivity index (χ4v) is 4.92. The SMILES string of the molecule is Cc1ccc2oc(Cc3ccc(NC(=S)NC(=O)c4ccc(N5CCC(C)CC5)c([N+](=O)[O-])c4)cc3)nc2c1. The second-order valence-electron chi connectivity index (χ2n) is 9.99. The zero-order valence-corrected chi connectivity index (χ0v) is 22.6. The van der Waals surface area contributed by atoms with Gasteiger partial charge in [-0.25, -0.2) is 4.98 Å². The Morgan fingerprint density at radius 1 is 1.13 bits per heavy atom. The summed E-state index contributed by atoms with van der Waals surface area (Å²) in [7, 11) is 0. The molecular weight excluding hydrogens is 514 g/mol. The molecule has 0 aliphatic carbocycles. The minimum atomic E-state index is -0.516. The van der Waals surface area contributed by atoms with Crippen LogP contribution >= 0.6 is 12.2 Å². The number of oxazole rings is 1. The van der Waals surface area contributed by atoms with E-state index in [1.165, 1.54) is 6.07 Å². The largest absolute Gasteiger partial charge is 0.440 e. The highest BCUT2D eigenvalue weighted by Crippen LogP contribution is 2.32. The molecule has 1 aromatic heterocycles. The molecule has 2 heterocycles. The molecule has 1 aliphatic rings. The van der Waals surface area contributed by atoms with Crippen molar-refractivity contribution in [2.24, 2.45) is 5.92 Å². The fourth-order valence-electron chi connectivity index (χ4n) is 4.71. The smallest absolute Gasteiger partial charge is 0.293 e. The molecule has 9 nitrogen and oxygen atoms in total. The number of benzene rings is 3. The molecule has 200 valence electrons. The lowest BCUT2D eigenvalue weighted by atomic mass is 9.98. The number of carbonyl (C=O) groups excluding carboxylic acids is 1. The predicted molar refractivity (Wildman–Crippen MR) is 155 cm³/mol. The van der Waals surface area contributed by atoms with Gasteiger partial charge < -0.3 is 14.6 Å². The maximum Gasteiger partial charge on any atom is 0.293 e. The van der Waals surface area contributed by atoms with E-state index < -0.39 is 10.8 Å². The van der Waals surface area contributed by atoms with Crippen LogP contribution in [-0.2, 0) is 6.42 Å². The third-order valence-electron chi connectivity index (χ3n) is 6.94. The standard InChI is InChI=1S/C29H29N5O4S/c1-18-11-13-33(14-12-18)24-9-6-21(17-25(24)34(36)37)28(35)32-29(39)30-22-7-4-20(5-8-22)16-27-31-23-15-19(2)3-10-26(23)38-27/h3-10,15,17-18H,11-14,16H2,1-2H3,(H2,30,32,35,39). The summed E-state index contributed by atoms with van der Waals surface area (Å²) >= 11 is 5.31. The van der Waals surface area contributed by atoms with Crippen LogP contribution in [0.5, 0.6) is 0 Å². The van der Waals surface area contributed by atoms with Gasteiger partial charge in [0.05, 0.1) is 4.92 Å². The van der Waals surface area contributed by atoms with Crippen molar-refractivity contribution in [3.63, 3.8) is 0 Å². The molecule has 4 aromatic rings. The monoisotopic (exact) mass is 543 g/mol. The van der Waals surface area contributed by atoms with Crippen molar-refractivity contribution in [3.8, 4) is 0 Å². The zero-order valence-electron chi connectivity index (χ0n) is 21.8. The molecule has 5 rings (SSSR count). The average Bonchev–Trinajstić information content (AvgIpc) is 3.31. The van der Waals surface area contributed by atoms with E-state index in [0.29, 0.717) is 29.6 Å². The van der Waals surface area contributed by atoms with Gasteiger partial charge in [0.2, 0.25) is 0 Å². The van der Waals surface area contributed by atoms with Gasteiger partial charge in [0.1, 0.15) is 11.2 Å². The molecule has 1 saturated heterocycles. The quantitative estimate of drug-likeness (QED) is 0.173. The number of hydrogen-bond acceptors (Lipinski definition) is 7. The summed E-state index contributed by atoms with van der Waals surface area (Å²) in [6.07, 6.45) is 2.51. The molecule has 0 unspecified atom stereocenters. The maximum absolute atomic E-state index is 12.8. The van der Waals surface area contributed by atoms with E-state index in [1.807, 2.05) is 54.3 Å². The highest BCUT2D eigenvalue weighted by molar-refractivity contribution is 7.80. The third kappa shape index (κ3) is 6.23. The molecular formula is C29H29N5O4S. The predicted octanol–water partition coefficient (Wildman–Crippen LogP) is 6.00. The van der Waals surface area contributed by atoms with Gasteiger partial charge in [-0.3, -0.25) is 20.2 Å². The highest BCUT2D eigenvalue weighted by Gasteiger charge is 2.25. The van der Waals surface area contributed by atoms with Crippen LogP contribution in [0.3, 0.4) is 0 Å². The van der Waals surface area contributed by atoms with Gasteiger partial charge in [-0.15, -0.1) is 0 Å². The molecule has 3 aromatic carbocycles. The summed E-state index contributed by atoms with van der Waals surface area (Å²) in [5.74, 6) is 0.722. The number of hydrogen-bond donors (Lipinski definition) is 2. The Bertz CT molecular complexity index is 1540. The Hall–Kier alpha value is -4.31. The van der Waals surface area contributed by atoms with Gasteiger partial charge >= 0.3 is 0 Å². The number of aromatic nitrogens is 1. The number of nitrogens with one attached hydrogen (secondary N) is 2.